The zero-order valence-corrected chi connectivity index (χ0v) is 21.5. The third kappa shape index (κ3) is 4.93. The lowest BCUT2D eigenvalue weighted by molar-refractivity contribution is 0.0720. The average molecular weight is 534 g/mol. The first-order chi connectivity index (χ1) is 17.7. The van der Waals surface area contributed by atoms with Crippen LogP contribution in [0, 0.1) is 17.1 Å². The van der Waals surface area contributed by atoms with Gasteiger partial charge in [0.25, 0.3) is 5.91 Å². The molecule has 0 fully saturated rings. The van der Waals surface area contributed by atoms with Gasteiger partial charge in [0.1, 0.15) is 11.4 Å². The number of aromatic amines is 1. The van der Waals surface area contributed by atoms with Crippen LogP contribution in [0.5, 0.6) is 11.5 Å². The summed E-state index contributed by atoms with van der Waals surface area (Å²) in [6.45, 7) is 6.47. The average Bonchev–Trinajstić information content (AvgIpc) is 3.23. The zero-order chi connectivity index (χ0) is 26.3. The highest BCUT2D eigenvalue weighted by Crippen LogP contribution is 2.36. The predicted octanol–water partition coefficient (Wildman–Crippen LogP) is 7.59. The van der Waals surface area contributed by atoms with Crippen molar-refractivity contribution < 1.29 is 13.9 Å². The van der Waals surface area contributed by atoms with Gasteiger partial charge >= 0.3 is 0 Å². The summed E-state index contributed by atoms with van der Waals surface area (Å²) < 4.78 is 21.2. The van der Waals surface area contributed by atoms with Crippen molar-refractivity contribution in [3.05, 3.63) is 104 Å². The maximum atomic E-state index is 15.5. The highest BCUT2D eigenvalue weighted by Gasteiger charge is 2.29. The van der Waals surface area contributed by atoms with Gasteiger partial charge in [0, 0.05) is 34.6 Å². The van der Waals surface area contributed by atoms with Gasteiger partial charge in [-0.25, -0.2) is 4.39 Å². The molecule has 8 heteroatoms. The summed E-state index contributed by atoms with van der Waals surface area (Å²) in [6.07, 6.45) is 1.43. The van der Waals surface area contributed by atoms with Crippen LogP contribution in [0.3, 0.4) is 0 Å². The fraction of sp³-hybridized carbons (Fsp3) is 0.172. The van der Waals surface area contributed by atoms with E-state index in [1.807, 2.05) is 25.1 Å². The molecule has 1 N–H and O–H groups in total. The van der Waals surface area contributed by atoms with E-state index in [-0.39, 0.29) is 45.1 Å². The van der Waals surface area contributed by atoms with Crippen molar-refractivity contribution in [1.29, 1.82) is 5.26 Å². The Hall–Kier alpha value is -3.79. The lowest BCUT2D eigenvalue weighted by Crippen LogP contribution is -2.37. The molecule has 186 valence electrons. The number of nitriles is 1. The van der Waals surface area contributed by atoms with Crippen LogP contribution in [0.2, 0.25) is 10.0 Å². The van der Waals surface area contributed by atoms with Gasteiger partial charge in [-0.05, 0) is 67.3 Å². The van der Waals surface area contributed by atoms with Crippen molar-refractivity contribution in [2.45, 2.75) is 26.3 Å². The number of nitrogens with one attached hydrogen (secondary N) is 1. The van der Waals surface area contributed by atoms with Gasteiger partial charge in [-0.15, -0.1) is 0 Å². The number of allylic oxidation sites excluding steroid dienone is 1. The van der Waals surface area contributed by atoms with Gasteiger partial charge in [0.05, 0.1) is 16.7 Å². The number of hydrogen-bond donors (Lipinski definition) is 1. The first kappa shape index (κ1) is 24.9. The van der Waals surface area contributed by atoms with E-state index in [9.17, 15) is 4.79 Å². The summed E-state index contributed by atoms with van der Waals surface area (Å²) in [5.74, 6) is -0.870. The molecule has 0 spiro atoms. The quantitative estimate of drug-likeness (QED) is 0.259. The Morgan fingerprint density at radius 1 is 1.22 bits per heavy atom. The van der Waals surface area contributed by atoms with Crippen LogP contribution < -0.4 is 4.74 Å². The van der Waals surface area contributed by atoms with Crippen LogP contribution in [0.25, 0.3) is 10.9 Å². The molecule has 2 heterocycles. The SMILES string of the molecule is C=C(C)Cc1ccc2[nH]c3c(c2c1)CCN(Cc1ccc(Cl)c(Oc2cc(Cl)cc(C#N)c2)c1F)C3=O. The van der Waals surface area contributed by atoms with Gasteiger partial charge in [-0.2, -0.15) is 5.26 Å². The van der Waals surface area contributed by atoms with E-state index in [1.165, 1.54) is 24.3 Å². The zero-order valence-electron chi connectivity index (χ0n) is 20.0. The number of rotatable bonds is 6. The lowest BCUT2D eigenvalue weighted by atomic mass is 9.99. The second kappa shape index (κ2) is 9.93. The molecule has 0 aliphatic carbocycles. The minimum absolute atomic E-state index is 0.0485. The molecule has 5 rings (SSSR count). The summed E-state index contributed by atoms with van der Waals surface area (Å²) in [4.78, 5) is 18.2. The third-order valence-corrected chi connectivity index (χ3v) is 6.84. The first-order valence-corrected chi connectivity index (χ1v) is 12.4. The van der Waals surface area contributed by atoms with Crippen molar-refractivity contribution in [2.75, 3.05) is 6.54 Å². The Labute approximate surface area is 223 Å². The Bertz CT molecular complexity index is 1620. The van der Waals surface area contributed by atoms with E-state index < -0.39 is 5.82 Å². The van der Waals surface area contributed by atoms with Crippen LogP contribution in [0.4, 0.5) is 4.39 Å². The maximum Gasteiger partial charge on any atom is 0.270 e. The number of aromatic nitrogens is 1. The van der Waals surface area contributed by atoms with E-state index >= 15 is 4.39 Å². The summed E-state index contributed by atoms with van der Waals surface area (Å²) >= 11 is 12.3. The second-order valence-electron chi connectivity index (χ2n) is 9.21. The van der Waals surface area contributed by atoms with E-state index in [4.69, 9.17) is 33.2 Å². The van der Waals surface area contributed by atoms with Crippen molar-refractivity contribution >= 4 is 40.0 Å². The number of fused-ring (bicyclic) bond motifs is 3. The number of carbonyl (C=O) groups excluding carboxylic acids is 1. The second-order valence-corrected chi connectivity index (χ2v) is 10.1. The highest BCUT2D eigenvalue weighted by atomic mass is 35.5. The fourth-order valence-corrected chi connectivity index (χ4v) is 5.06. The normalized spacial score (nSPS) is 12.9. The number of amides is 1. The topological polar surface area (TPSA) is 69.1 Å². The summed E-state index contributed by atoms with van der Waals surface area (Å²) in [7, 11) is 0. The third-order valence-electron chi connectivity index (χ3n) is 6.32. The Morgan fingerprint density at radius 2 is 2.03 bits per heavy atom. The number of benzene rings is 3. The Morgan fingerprint density at radius 3 is 2.78 bits per heavy atom. The predicted molar refractivity (Wildman–Crippen MR) is 143 cm³/mol. The van der Waals surface area contributed by atoms with Crippen molar-refractivity contribution in [3.8, 4) is 17.6 Å². The van der Waals surface area contributed by atoms with Crippen molar-refractivity contribution in [2.24, 2.45) is 0 Å². The molecule has 0 saturated carbocycles. The lowest BCUT2D eigenvalue weighted by Gasteiger charge is -2.27. The van der Waals surface area contributed by atoms with Crippen LogP contribution in [-0.2, 0) is 19.4 Å². The van der Waals surface area contributed by atoms with Gasteiger partial charge in [0.2, 0.25) is 0 Å². The van der Waals surface area contributed by atoms with Crippen LogP contribution >= 0.6 is 23.2 Å². The number of ether oxygens (including phenoxy) is 1. The monoisotopic (exact) mass is 533 g/mol. The molecule has 4 aromatic rings. The number of hydrogen-bond acceptors (Lipinski definition) is 3. The molecule has 0 unspecified atom stereocenters. The molecule has 3 aromatic carbocycles. The minimum Gasteiger partial charge on any atom is -0.453 e. The van der Waals surface area contributed by atoms with E-state index in [2.05, 4.69) is 17.6 Å². The van der Waals surface area contributed by atoms with Crippen molar-refractivity contribution in [1.82, 2.24) is 9.88 Å². The molecule has 0 radical (unpaired) electrons. The summed E-state index contributed by atoms with van der Waals surface area (Å²) in [6, 6.07) is 15.6. The summed E-state index contributed by atoms with van der Waals surface area (Å²) in [5.41, 5.74) is 5.16. The van der Waals surface area contributed by atoms with Crippen molar-refractivity contribution in [3.63, 3.8) is 0 Å². The summed E-state index contributed by atoms with van der Waals surface area (Å²) in [5, 5.41) is 10.5. The number of carbonyl (C=O) groups is 1. The molecular formula is C29H22Cl2FN3O2. The highest BCUT2D eigenvalue weighted by molar-refractivity contribution is 6.32. The Balaban J connectivity index is 1.41. The standard InChI is InChI=1S/C29H22Cl2FN3O2/c1-16(2)9-17-3-6-25-23(12-17)22-7-8-35(29(36)27(22)34-25)15-19-4-5-24(31)28(26(19)32)37-21-11-18(14-33)10-20(30)13-21/h3-6,10-13,34H,1,7-9,15H2,2H3. The fourth-order valence-electron chi connectivity index (χ4n) is 4.65. The van der Waals surface area contributed by atoms with Crippen LogP contribution in [0.15, 0.2) is 60.7 Å². The molecule has 5 nitrogen and oxygen atoms in total. The van der Waals surface area contributed by atoms with Gasteiger partial charge in [-0.1, -0.05) is 47.5 Å². The number of nitrogens with zero attached hydrogens (tertiary/aromatic N) is 2. The van der Waals surface area contributed by atoms with Gasteiger partial charge in [0.15, 0.2) is 11.6 Å². The molecule has 0 saturated heterocycles. The van der Waals surface area contributed by atoms with Gasteiger partial charge in [-0.3, -0.25) is 4.79 Å². The minimum atomic E-state index is -0.675. The molecule has 1 aliphatic heterocycles. The first-order valence-electron chi connectivity index (χ1n) is 11.7. The Kier molecular flexibility index (Phi) is 6.68. The largest absolute Gasteiger partial charge is 0.453 e. The molecule has 37 heavy (non-hydrogen) atoms. The molecule has 1 aromatic heterocycles. The van der Waals surface area contributed by atoms with Crippen LogP contribution in [0.1, 0.15) is 39.7 Å². The number of halogens is 3. The molecular weight excluding hydrogens is 512 g/mol. The van der Waals surface area contributed by atoms with E-state index in [0.29, 0.717) is 18.7 Å². The molecule has 0 atom stereocenters. The number of H-pyrrole nitrogens is 1. The smallest absolute Gasteiger partial charge is 0.270 e. The van der Waals surface area contributed by atoms with Gasteiger partial charge < -0.3 is 14.6 Å². The molecule has 1 aliphatic rings. The molecule has 1 amide bonds. The molecule has 0 bridgehead atoms. The maximum absolute atomic E-state index is 15.5. The van der Waals surface area contributed by atoms with E-state index in [0.717, 1.165) is 34.0 Å². The van der Waals surface area contributed by atoms with Crippen LogP contribution in [-0.4, -0.2) is 22.3 Å². The van der Waals surface area contributed by atoms with E-state index in [1.54, 1.807) is 11.0 Å².